The number of methoxy groups -OCH3 is 1. The molecule has 1 aromatic rings. The molecule has 0 aliphatic rings. The van der Waals surface area contributed by atoms with Crippen LogP contribution in [0.1, 0.15) is 10.4 Å². The van der Waals surface area contributed by atoms with Crippen LogP contribution in [0.25, 0.3) is 0 Å². The zero-order valence-corrected chi connectivity index (χ0v) is 9.21. The highest BCUT2D eigenvalue weighted by Crippen LogP contribution is 2.13. The summed E-state index contributed by atoms with van der Waals surface area (Å²) in [5.74, 6) is -0.391. The lowest BCUT2D eigenvalue weighted by Gasteiger charge is -2.01. The van der Waals surface area contributed by atoms with Crippen molar-refractivity contribution in [1.29, 1.82) is 0 Å². The van der Waals surface area contributed by atoms with Gasteiger partial charge in [0.15, 0.2) is 0 Å². The first kappa shape index (κ1) is 10.9. The predicted octanol–water partition coefficient (Wildman–Crippen LogP) is 1.84. The second-order valence-corrected chi connectivity index (χ2v) is 3.18. The Morgan fingerprint density at radius 3 is 2.71 bits per heavy atom. The van der Waals surface area contributed by atoms with Crippen molar-refractivity contribution < 1.29 is 14.3 Å². The maximum atomic E-state index is 11.4. The van der Waals surface area contributed by atoms with Gasteiger partial charge in [-0.2, -0.15) is 0 Å². The second kappa shape index (κ2) is 4.91. The van der Waals surface area contributed by atoms with Gasteiger partial charge in [0.2, 0.25) is 11.6 Å². The number of ketones is 2. The molecule has 0 saturated heterocycles. The molecule has 1 rings (SSSR count). The van der Waals surface area contributed by atoms with Gasteiger partial charge in [-0.3, -0.25) is 9.59 Å². The van der Waals surface area contributed by atoms with Crippen LogP contribution in [-0.2, 0) is 4.79 Å². The molecule has 1 aromatic carbocycles. The Kier molecular flexibility index (Phi) is 3.83. The lowest BCUT2D eigenvalue weighted by molar-refractivity contribution is -0.112. The summed E-state index contributed by atoms with van der Waals surface area (Å²) in [5, 5.41) is 0.0447. The van der Waals surface area contributed by atoms with E-state index >= 15 is 0 Å². The van der Waals surface area contributed by atoms with E-state index < -0.39 is 11.6 Å². The minimum Gasteiger partial charge on any atom is -0.497 e. The van der Waals surface area contributed by atoms with Gasteiger partial charge in [-0.1, -0.05) is 28.1 Å². The maximum Gasteiger partial charge on any atom is 0.229 e. The number of Topliss-reactive ketones (excluding diaryl/α,β-unsaturated/α-hetero) is 2. The maximum absolute atomic E-state index is 11.4. The summed E-state index contributed by atoms with van der Waals surface area (Å²) in [6.45, 7) is 0. The first-order valence-corrected chi connectivity index (χ1v) is 5.08. The number of carbonyl (C=O) groups excluding carboxylic acids is 2. The number of hydrogen-bond acceptors (Lipinski definition) is 3. The van der Waals surface area contributed by atoms with E-state index in [9.17, 15) is 9.59 Å². The van der Waals surface area contributed by atoms with Crippen LogP contribution in [0, 0.1) is 0 Å². The Morgan fingerprint density at radius 2 is 2.14 bits per heavy atom. The number of hydrogen-bond donors (Lipinski definition) is 0. The molecule has 0 atom stereocenters. The molecule has 74 valence electrons. The predicted molar refractivity (Wildman–Crippen MR) is 56.1 cm³/mol. The van der Waals surface area contributed by atoms with Gasteiger partial charge in [-0.05, 0) is 12.1 Å². The molecule has 0 radical (unpaired) electrons. The monoisotopic (exact) mass is 256 g/mol. The van der Waals surface area contributed by atoms with Gasteiger partial charge in [0.1, 0.15) is 5.75 Å². The van der Waals surface area contributed by atoms with Crippen LogP contribution in [0.5, 0.6) is 5.75 Å². The standard InChI is InChI=1S/C10H9BrO3/c1-14-8-4-2-3-7(5-8)10(13)9(12)6-11/h2-5H,6H2,1H3. The molecule has 0 aliphatic heterocycles. The zero-order chi connectivity index (χ0) is 10.6. The molecule has 0 N–H and O–H groups in total. The summed E-state index contributed by atoms with van der Waals surface area (Å²) in [6, 6.07) is 6.53. The van der Waals surface area contributed by atoms with E-state index in [0.29, 0.717) is 11.3 Å². The Hall–Kier alpha value is -1.16. The highest BCUT2D eigenvalue weighted by Gasteiger charge is 2.14. The van der Waals surface area contributed by atoms with Crippen LogP contribution in [0.4, 0.5) is 0 Å². The topological polar surface area (TPSA) is 43.4 Å². The summed E-state index contributed by atoms with van der Waals surface area (Å²) in [6.07, 6.45) is 0. The van der Waals surface area contributed by atoms with E-state index in [1.807, 2.05) is 0 Å². The normalized spacial score (nSPS) is 9.57. The molecule has 14 heavy (non-hydrogen) atoms. The van der Waals surface area contributed by atoms with E-state index in [1.165, 1.54) is 7.11 Å². The van der Waals surface area contributed by atoms with Crippen LogP contribution >= 0.6 is 15.9 Å². The smallest absolute Gasteiger partial charge is 0.229 e. The fraction of sp³-hybridized carbons (Fsp3) is 0.200. The molecule has 0 spiro atoms. The Morgan fingerprint density at radius 1 is 1.43 bits per heavy atom. The quantitative estimate of drug-likeness (QED) is 0.469. The van der Waals surface area contributed by atoms with Crippen molar-refractivity contribution in [1.82, 2.24) is 0 Å². The van der Waals surface area contributed by atoms with Crippen molar-refractivity contribution in [2.24, 2.45) is 0 Å². The second-order valence-electron chi connectivity index (χ2n) is 2.62. The lowest BCUT2D eigenvalue weighted by Crippen LogP contribution is -2.14. The molecule has 0 aromatic heterocycles. The highest BCUT2D eigenvalue weighted by atomic mass is 79.9. The van der Waals surface area contributed by atoms with Gasteiger partial charge in [0.05, 0.1) is 12.4 Å². The summed E-state index contributed by atoms with van der Waals surface area (Å²) in [4.78, 5) is 22.5. The third-order valence-corrected chi connectivity index (χ3v) is 2.22. The summed E-state index contributed by atoms with van der Waals surface area (Å²) in [5.41, 5.74) is 0.355. The van der Waals surface area contributed by atoms with Crippen molar-refractivity contribution in [2.75, 3.05) is 12.4 Å². The zero-order valence-electron chi connectivity index (χ0n) is 7.62. The molecule has 0 fully saturated rings. The summed E-state index contributed by atoms with van der Waals surface area (Å²) in [7, 11) is 1.51. The molecule has 0 heterocycles. The minimum absolute atomic E-state index is 0.0447. The van der Waals surface area contributed by atoms with Crippen molar-refractivity contribution in [2.45, 2.75) is 0 Å². The molecule has 0 aliphatic carbocycles. The van der Waals surface area contributed by atoms with E-state index in [2.05, 4.69) is 15.9 Å². The van der Waals surface area contributed by atoms with E-state index in [-0.39, 0.29) is 5.33 Å². The average Bonchev–Trinajstić information content (AvgIpc) is 2.27. The number of carbonyl (C=O) groups is 2. The van der Waals surface area contributed by atoms with E-state index in [0.717, 1.165) is 0 Å². The van der Waals surface area contributed by atoms with Gasteiger partial charge < -0.3 is 4.74 Å². The first-order valence-electron chi connectivity index (χ1n) is 3.96. The Labute approximate surface area is 90.2 Å². The molecule has 0 saturated carbocycles. The molecular formula is C10H9BrO3. The van der Waals surface area contributed by atoms with Crippen molar-refractivity contribution in [3.05, 3.63) is 29.8 Å². The van der Waals surface area contributed by atoms with Gasteiger partial charge in [-0.15, -0.1) is 0 Å². The van der Waals surface area contributed by atoms with Gasteiger partial charge in [-0.25, -0.2) is 0 Å². The SMILES string of the molecule is COc1cccc(C(=O)C(=O)CBr)c1. The molecular weight excluding hydrogens is 248 g/mol. The van der Waals surface area contributed by atoms with Crippen LogP contribution in [0.2, 0.25) is 0 Å². The molecule has 0 bridgehead atoms. The van der Waals surface area contributed by atoms with Crippen molar-refractivity contribution in [3.63, 3.8) is 0 Å². The van der Waals surface area contributed by atoms with Crippen LogP contribution in [-0.4, -0.2) is 24.0 Å². The van der Waals surface area contributed by atoms with Crippen molar-refractivity contribution in [3.8, 4) is 5.75 Å². The third kappa shape index (κ3) is 2.42. The van der Waals surface area contributed by atoms with Crippen LogP contribution in [0.3, 0.4) is 0 Å². The number of rotatable bonds is 4. The molecule has 3 nitrogen and oxygen atoms in total. The molecule has 4 heteroatoms. The number of ether oxygens (including phenoxy) is 1. The average molecular weight is 257 g/mol. The van der Waals surface area contributed by atoms with E-state index in [4.69, 9.17) is 4.74 Å². The Balaban J connectivity index is 2.95. The largest absolute Gasteiger partial charge is 0.497 e. The van der Waals surface area contributed by atoms with Gasteiger partial charge in [0.25, 0.3) is 0 Å². The highest BCUT2D eigenvalue weighted by molar-refractivity contribution is 9.09. The third-order valence-electron chi connectivity index (χ3n) is 1.71. The van der Waals surface area contributed by atoms with Gasteiger partial charge >= 0.3 is 0 Å². The van der Waals surface area contributed by atoms with Crippen LogP contribution in [0.15, 0.2) is 24.3 Å². The summed E-state index contributed by atoms with van der Waals surface area (Å²) >= 11 is 2.95. The van der Waals surface area contributed by atoms with E-state index in [1.54, 1.807) is 24.3 Å². The van der Waals surface area contributed by atoms with Gasteiger partial charge in [0, 0.05) is 5.56 Å². The lowest BCUT2D eigenvalue weighted by atomic mass is 10.1. The van der Waals surface area contributed by atoms with Crippen molar-refractivity contribution >= 4 is 27.5 Å². The first-order chi connectivity index (χ1) is 6.69. The molecule has 0 unspecified atom stereocenters. The molecule has 0 amide bonds. The number of alkyl halides is 1. The fourth-order valence-corrected chi connectivity index (χ4v) is 1.24. The van der Waals surface area contributed by atoms with Crippen LogP contribution < -0.4 is 4.74 Å². The summed E-state index contributed by atoms with van der Waals surface area (Å²) < 4.78 is 4.94. The Bertz CT molecular complexity index is 360. The number of halogens is 1. The number of benzene rings is 1. The fourth-order valence-electron chi connectivity index (χ4n) is 0.986. The minimum atomic E-state index is -0.499.